The molecule has 0 aliphatic rings. The van der Waals surface area contributed by atoms with Crippen molar-refractivity contribution in [2.75, 3.05) is 6.61 Å². The molecule has 0 amide bonds. The van der Waals surface area contributed by atoms with Crippen molar-refractivity contribution in [1.82, 2.24) is 0 Å². The Labute approximate surface area is 105 Å². The van der Waals surface area contributed by atoms with Crippen LogP contribution in [-0.4, -0.2) is 22.8 Å². The van der Waals surface area contributed by atoms with E-state index in [0.717, 1.165) is 32.6 Å². The van der Waals surface area contributed by atoms with Crippen LogP contribution >= 0.6 is 0 Å². The summed E-state index contributed by atoms with van der Waals surface area (Å²) in [6.07, 6.45) is 9.07. The highest BCUT2D eigenvalue weighted by Crippen LogP contribution is 2.01. The van der Waals surface area contributed by atoms with Gasteiger partial charge in [-0.1, -0.05) is 26.2 Å². The van der Waals surface area contributed by atoms with Crippen LogP contribution in [0, 0.1) is 11.8 Å². The van der Waals surface area contributed by atoms with E-state index < -0.39 is 5.97 Å². The summed E-state index contributed by atoms with van der Waals surface area (Å²) in [5.74, 6) is 5.53. The second-order valence-electron chi connectivity index (χ2n) is 3.86. The number of carboxylic acid groups (broad SMARTS) is 1. The summed E-state index contributed by atoms with van der Waals surface area (Å²) in [5.41, 5.74) is 0. The quantitative estimate of drug-likeness (QED) is 0.532. The Bertz CT molecular complexity index is 209. The number of hydrogen-bond acceptors (Lipinski definition) is 2. The van der Waals surface area contributed by atoms with E-state index in [2.05, 4.69) is 18.8 Å². The third-order valence-corrected chi connectivity index (χ3v) is 1.99. The maximum atomic E-state index is 9.00. The SMILES string of the molecule is CC(=O)O.CCCCC#CCCCCCCO. The molecule has 0 aliphatic heterocycles. The zero-order valence-electron chi connectivity index (χ0n) is 11.2. The molecule has 3 heteroatoms. The first-order valence-corrected chi connectivity index (χ1v) is 6.41. The first-order chi connectivity index (χ1) is 8.15. The zero-order valence-corrected chi connectivity index (χ0v) is 11.2. The molecule has 0 rings (SSSR count). The molecule has 2 N–H and O–H groups in total. The van der Waals surface area contributed by atoms with Gasteiger partial charge in [0, 0.05) is 26.4 Å². The Kier molecular flexibility index (Phi) is 18.8. The van der Waals surface area contributed by atoms with Gasteiger partial charge in [-0.25, -0.2) is 0 Å². The highest BCUT2D eigenvalue weighted by Gasteiger charge is 1.86. The number of hydrogen-bond donors (Lipinski definition) is 2. The summed E-state index contributed by atoms with van der Waals surface area (Å²) in [7, 11) is 0. The summed E-state index contributed by atoms with van der Waals surface area (Å²) in [6.45, 7) is 3.61. The van der Waals surface area contributed by atoms with Gasteiger partial charge in [-0.2, -0.15) is 0 Å². The fraction of sp³-hybridized carbons (Fsp3) is 0.786. The molecule has 0 atom stereocenters. The summed E-state index contributed by atoms with van der Waals surface area (Å²) in [4.78, 5) is 9.00. The minimum atomic E-state index is -0.833. The molecule has 0 aromatic heterocycles. The van der Waals surface area contributed by atoms with E-state index in [9.17, 15) is 0 Å². The molecular formula is C14H26O3. The lowest BCUT2D eigenvalue weighted by Gasteiger charge is -1.94. The second-order valence-corrected chi connectivity index (χ2v) is 3.86. The van der Waals surface area contributed by atoms with Gasteiger partial charge in [-0.15, -0.1) is 11.8 Å². The van der Waals surface area contributed by atoms with Crippen LogP contribution in [-0.2, 0) is 4.79 Å². The van der Waals surface area contributed by atoms with E-state index in [1.165, 1.54) is 25.7 Å². The number of rotatable bonds is 7. The molecule has 0 aromatic rings. The van der Waals surface area contributed by atoms with Crippen LogP contribution in [0.25, 0.3) is 0 Å². The summed E-state index contributed by atoms with van der Waals surface area (Å²) in [5, 5.41) is 16.0. The summed E-state index contributed by atoms with van der Waals surface area (Å²) >= 11 is 0. The van der Waals surface area contributed by atoms with Crippen molar-refractivity contribution in [1.29, 1.82) is 0 Å². The molecule has 0 aromatic carbocycles. The van der Waals surface area contributed by atoms with Crippen LogP contribution in [0.15, 0.2) is 0 Å². The monoisotopic (exact) mass is 242 g/mol. The summed E-state index contributed by atoms with van der Waals surface area (Å²) in [6, 6.07) is 0. The molecule has 0 heterocycles. The first-order valence-electron chi connectivity index (χ1n) is 6.41. The van der Waals surface area contributed by atoms with Gasteiger partial charge in [0.1, 0.15) is 0 Å². The molecule has 0 aliphatic carbocycles. The van der Waals surface area contributed by atoms with E-state index in [0.29, 0.717) is 6.61 Å². The Morgan fingerprint density at radius 2 is 1.47 bits per heavy atom. The summed E-state index contributed by atoms with van der Waals surface area (Å²) < 4.78 is 0. The number of aliphatic hydroxyl groups excluding tert-OH is 1. The van der Waals surface area contributed by atoms with Crippen molar-refractivity contribution in [3.63, 3.8) is 0 Å². The Morgan fingerprint density at radius 1 is 1.00 bits per heavy atom. The van der Waals surface area contributed by atoms with Crippen molar-refractivity contribution in [3.05, 3.63) is 0 Å². The maximum Gasteiger partial charge on any atom is 0.300 e. The molecule has 3 nitrogen and oxygen atoms in total. The molecule has 0 saturated heterocycles. The van der Waals surface area contributed by atoms with Gasteiger partial charge < -0.3 is 10.2 Å². The normalized spacial score (nSPS) is 8.65. The average molecular weight is 242 g/mol. The smallest absolute Gasteiger partial charge is 0.300 e. The lowest BCUT2D eigenvalue weighted by atomic mass is 10.1. The van der Waals surface area contributed by atoms with Gasteiger partial charge in [0.2, 0.25) is 0 Å². The molecule has 0 bridgehead atoms. The predicted octanol–water partition coefficient (Wildman–Crippen LogP) is 3.21. The van der Waals surface area contributed by atoms with Crippen molar-refractivity contribution in [2.45, 2.75) is 65.2 Å². The Morgan fingerprint density at radius 3 is 1.94 bits per heavy atom. The van der Waals surface area contributed by atoms with E-state index >= 15 is 0 Å². The van der Waals surface area contributed by atoms with Gasteiger partial charge in [0.05, 0.1) is 0 Å². The van der Waals surface area contributed by atoms with E-state index in [4.69, 9.17) is 15.0 Å². The molecule has 17 heavy (non-hydrogen) atoms. The van der Waals surface area contributed by atoms with Crippen LogP contribution in [0.1, 0.15) is 65.2 Å². The number of carbonyl (C=O) groups is 1. The number of carboxylic acids is 1. The van der Waals surface area contributed by atoms with Crippen LogP contribution in [0.3, 0.4) is 0 Å². The van der Waals surface area contributed by atoms with Crippen molar-refractivity contribution in [3.8, 4) is 11.8 Å². The Balaban J connectivity index is 0. The van der Waals surface area contributed by atoms with Crippen LogP contribution in [0.5, 0.6) is 0 Å². The van der Waals surface area contributed by atoms with E-state index in [1.807, 2.05) is 0 Å². The zero-order chi connectivity index (χ0) is 13.4. The van der Waals surface area contributed by atoms with Crippen LogP contribution < -0.4 is 0 Å². The van der Waals surface area contributed by atoms with Gasteiger partial charge in [0.25, 0.3) is 5.97 Å². The fourth-order valence-corrected chi connectivity index (χ4v) is 1.12. The largest absolute Gasteiger partial charge is 0.481 e. The lowest BCUT2D eigenvalue weighted by Crippen LogP contribution is -1.82. The van der Waals surface area contributed by atoms with E-state index in [-0.39, 0.29) is 0 Å². The molecule has 0 spiro atoms. The maximum absolute atomic E-state index is 9.00. The molecular weight excluding hydrogens is 216 g/mol. The number of aliphatic hydroxyl groups is 1. The molecule has 0 saturated carbocycles. The standard InChI is InChI=1S/C12H22O.C2H4O2/c1-2-3-4-5-6-7-8-9-10-11-12-13;1-2(3)4/h13H,2-4,7-12H2,1H3;1H3,(H,3,4). The van der Waals surface area contributed by atoms with Gasteiger partial charge in [-0.05, 0) is 19.3 Å². The first kappa shape index (κ1) is 18.4. The van der Waals surface area contributed by atoms with Gasteiger partial charge in [-0.3, -0.25) is 4.79 Å². The lowest BCUT2D eigenvalue weighted by molar-refractivity contribution is -0.134. The third-order valence-electron chi connectivity index (χ3n) is 1.99. The second kappa shape index (κ2) is 17.4. The fourth-order valence-electron chi connectivity index (χ4n) is 1.12. The highest BCUT2D eigenvalue weighted by molar-refractivity contribution is 5.62. The number of unbranched alkanes of at least 4 members (excludes halogenated alkanes) is 6. The minimum absolute atomic E-state index is 0.335. The van der Waals surface area contributed by atoms with Crippen molar-refractivity contribution < 1.29 is 15.0 Å². The molecule has 100 valence electrons. The van der Waals surface area contributed by atoms with E-state index in [1.54, 1.807) is 0 Å². The van der Waals surface area contributed by atoms with Crippen LogP contribution in [0.2, 0.25) is 0 Å². The topological polar surface area (TPSA) is 57.5 Å². The van der Waals surface area contributed by atoms with Crippen molar-refractivity contribution in [2.24, 2.45) is 0 Å². The van der Waals surface area contributed by atoms with Gasteiger partial charge >= 0.3 is 0 Å². The Hall–Kier alpha value is -1.01. The molecule has 0 radical (unpaired) electrons. The predicted molar refractivity (Wildman–Crippen MR) is 70.8 cm³/mol. The molecule has 0 fully saturated rings. The number of aliphatic carboxylic acids is 1. The molecule has 0 unspecified atom stereocenters. The average Bonchev–Trinajstić information content (AvgIpc) is 2.26. The van der Waals surface area contributed by atoms with Gasteiger partial charge in [0.15, 0.2) is 0 Å². The minimum Gasteiger partial charge on any atom is -0.481 e. The third kappa shape index (κ3) is 31.3. The van der Waals surface area contributed by atoms with Crippen LogP contribution in [0.4, 0.5) is 0 Å². The highest BCUT2D eigenvalue weighted by atomic mass is 16.4. The van der Waals surface area contributed by atoms with Crippen molar-refractivity contribution >= 4 is 5.97 Å².